The number of aryl methyl sites for hydroxylation is 2. The van der Waals surface area contributed by atoms with E-state index >= 15 is 0 Å². The van der Waals surface area contributed by atoms with E-state index in [1.165, 1.54) is 22.7 Å². The molecule has 0 spiro atoms. The Morgan fingerprint density at radius 3 is 1.55 bits per heavy atom. The van der Waals surface area contributed by atoms with E-state index in [-0.39, 0.29) is 11.6 Å². The van der Waals surface area contributed by atoms with Gasteiger partial charge in [-0.25, -0.2) is 9.97 Å². The fraction of sp³-hybridized carbons (Fsp3) is 0.429. The van der Waals surface area contributed by atoms with Crippen LogP contribution in [0.25, 0.3) is 0 Å². The first kappa shape index (κ1) is 27.9. The standard InChI is InChI=1S/C28H32N8O2S2/c29-27-31-21(15-39-27)13-23(37)8-4-19-6-10-25(35-33-19)17-2-1-3-18(12-17)26-11-7-20(34-36-26)5-9-24(38)14-22-16-40-28(30)32-22/h6-7,10-11,15-18H,1-5,8-9,12-14H2,(H2,29,31)(H2,30,32). The predicted molar refractivity (Wildman–Crippen MR) is 155 cm³/mol. The molecule has 12 heteroatoms. The highest BCUT2D eigenvalue weighted by atomic mass is 32.1. The molecule has 5 rings (SSSR count). The molecule has 2 unspecified atom stereocenters. The molecule has 0 saturated heterocycles. The maximum absolute atomic E-state index is 12.3. The number of thiazole rings is 2. The second kappa shape index (κ2) is 13.1. The monoisotopic (exact) mass is 576 g/mol. The first-order valence-electron chi connectivity index (χ1n) is 13.5. The Hall–Kier alpha value is -3.64. The largest absolute Gasteiger partial charge is 0.375 e. The van der Waals surface area contributed by atoms with Crippen molar-refractivity contribution in [1.29, 1.82) is 0 Å². The van der Waals surface area contributed by atoms with Gasteiger partial charge in [0.2, 0.25) is 0 Å². The minimum Gasteiger partial charge on any atom is -0.375 e. The lowest BCUT2D eigenvalue weighted by Gasteiger charge is -2.28. The molecule has 0 amide bonds. The molecule has 0 aliphatic heterocycles. The Morgan fingerprint density at radius 2 is 1.18 bits per heavy atom. The lowest BCUT2D eigenvalue weighted by Crippen LogP contribution is -2.16. The normalized spacial score (nSPS) is 17.1. The van der Waals surface area contributed by atoms with E-state index in [4.69, 9.17) is 11.5 Å². The number of Topliss-reactive ketones (excluding diaryl/α,β-unsaturated/α-hetero) is 2. The number of hydrogen-bond donors (Lipinski definition) is 2. The van der Waals surface area contributed by atoms with Gasteiger partial charge in [-0.1, -0.05) is 6.42 Å². The highest BCUT2D eigenvalue weighted by Crippen LogP contribution is 2.39. The number of carbonyl (C=O) groups excluding carboxylic acids is 2. The van der Waals surface area contributed by atoms with Gasteiger partial charge in [0.05, 0.1) is 34.2 Å². The molecule has 208 valence electrons. The van der Waals surface area contributed by atoms with Crippen LogP contribution in [0.2, 0.25) is 0 Å². The van der Waals surface area contributed by atoms with Gasteiger partial charge in [0.25, 0.3) is 0 Å². The molecule has 4 heterocycles. The Morgan fingerprint density at radius 1 is 0.700 bits per heavy atom. The van der Waals surface area contributed by atoms with Crippen LogP contribution >= 0.6 is 22.7 Å². The summed E-state index contributed by atoms with van der Waals surface area (Å²) in [5.74, 6) is 0.865. The summed E-state index contributed by atoms with van der Waals surface area (Å²) in [6.45, 7) is 0. The van der Waals surface area contributed by atoms with Crippen molar-refractivity contribution in [3.8, 4) is 0 Å². The molecule has 0 bridgehead atoms. The van der Waals surface area contributed by atoms with Crippen molar-refractivity contribution in [2.45, 2.75) is 76.0 Å². The molecule has 4 aromatic heterocycles. The molecule has 10 nitrogen and oxygen atoms in total. The third-order valence-corrected chi connectivity index (χ3v) is 8.65. The van der Waals surface area contributed by atoms with Crippen LogP contribution in [0, 0.1) is 0 Å². The zero-order valence-electron chi connectivity index (χ0n) is 22.2. The smallest absolute Gasteiger partial charge is 0.180 e. The third kappa shape index (κ3) is 7.72. The maximum Gasteiger partial charge on any atom is 0.180 e. The highest BCUT2D eigenvalue weighted by Gasteiger charge is 2.27. The van der Waals surface area contributed by atoms with Crippen molar-refractivity contribution in [2.24, 2.45) is 0 Å². The second-order valence-corrected chi connectivity index (χ2v) is 12.0. The maximum atomic E-state index is 12.3. The van der Waals surface area contributed by atoms with Crippen molar-refractivity contribution in [3.05, 3.63) is 69.2 Å². The summed E-state index contributed by atoms with van der Waals surface area (Å²) in [6, 6.07) is 8.07. The molecule has 1 fully saturated rings. The Kier molecular flexibility index (Phi) is 9.17. The number of ketones is 2. The van der Waals surface area contributed by atoms with E-state index < -0.39 is 0 Å². The lowest BCUT2D eigenvalue weighted by molar-refractivity contribution is -0.119. The van der Waals surface area contributed by atoms with Crippen LogP contribution in [0.15, 0.2) is 35.0 Å². The number of rotatable bonds is 12. The van der Waals surface area contributed by atoms with E-state index in [0.717, 1.165) is 59.8 Å². The van der Waals surface area contributed by atoms with Gasteiger partial charge >= 0.3 is 0 Å². The molecule has 1 aliphatic rings. The first-order valence-corrected chi connectivity index (χ1v) is 15.3. The molecular formula is C28H32N8O2S2. The van der Waals surface area contributed by atoms with Crippen LogP contribution < -0.4 is 11.5 Å². The van der Waals surface area contributed by atoms with Crippen LogP contribution in [-0.4, -0.2) is 41.9 Å². The average molecular weight is 577 g/mol. The van der Waals surface area contributed by atoms with E-state index in [0.29, 0.717) is 60.6 Å². The molecule has 4 aromatic rings. The van der Waals surface area contributed by atoms with Crippen molar-refractivity contribution >= 4 is 44.5 Å². The van der Waals surface area contributed by atoms with Gasteiger partial charge in [-0.05, 0) is 56.4 Å². The van der Waals surface area contributed by atoms with Gasteiger partial charge in [-0.3, -0.25) is 9.59 Å². The fourth-order valence-electron chi connectivity index (χ4n) is 5.09. The fourth-order valence-corrected chi connectivity index (χ4v) is 6.22. The molecule has 0 aromatic carbocycles. The van der Waals surface area contributed by atoms with E-state index in [9.17, 15) is 9.59 Å². The third-order valence-electron chi connectivity index (χ3n) is 7.21. The number of anilines is 2. The number of nitrogens with zero attached hydrogens (tertiary/aromatic N) is 6. The highest BCUT2D eigenvalue weighted by molar-refractivity contribution is 7.13. The van der Waals surface area contributed by atoms with Gasteiger partial charge < -0.3 is 11.5 Å². The summed E-state index contributed by atoms with van der Waals surface area (Å²) in [4.78, 5) is 32.9. The van der Waals surface area contributed by atoms with Gasteiger partial charge in [0.15, 0.2) is 10.3 Å². The molecule has 40 heavy (non-hydrogen) atoms. The Bertz CT molecular complexity index is 1330. The zero-order valence-corrected chi connectivity index (χ0v) is 23.8. The van der Waals surface area contributed by atoms with Crippen LogP contribution in [0.5, 0.6) is 0 Å². The molecular weight excluding hydrogens is 544 g/mol. The molecule has 2 atom stereocenters. The van der Waals surface area contributed by atoms with Crippen LogP contribution in [0.3, 0.4) is 0 Å². The quantitative estimate of drug-likeness (QED) is 0.249. The zero-order chi connectivity index (χ0) is 27.9. The topological polar surface area (TPSA) is 164 Å². The summed E-state index contributed by atoms with van der Waals surface area (Å²) in [6.07, 6.45) is 6.71. The van der Waals surface area contributed by atoms with Crippen LogP contribution in [-0.2, 0) is 35.3 Å². The molecule has 4 N–H and O–H groups in total. The van der Waals surface area contributed by atoms with Crippen LogP contribution in [0.4, 0.5) is 10.3 Å². The minimum atomic E-state index is 0.117. The second-order valence-electron chi connectivity index (χ2n) is 10.2. The molecule has 1 saturated carbocycles. The van der Waals surface area contributed by atoms with E-state index in [1.54, 1.807) is 0 Å². The first-order chi connectivity index (χ1) is 19.4. The van der Waals surface area contributed by atoms with Crippen molar-refractivity contribution in [2.75, 3.05) is 11.5 Å². The number of hydrogen-bond acceptors (Lipinski definition) is 12. The van der Waals surface area contributed by atoms with E-state index in [1.807, 2.05) is 35.0 Å². The number of nitrogens with two attached hydrogens (primary N) is 2. The lowest BCUT2D eigenvalue weighted by atomic mass is 9.78. The van der Waals surface area contributed by atoms with Crippen molar-refractivity contribution in [3.63, 3.8) is 0 Å². The molecule has 0 radical (unpaired) electrons. The summed E-state index contributed by atoms with van der Waals surface area (Å²) in [5.41, 5.74) is 16.3. The molecule has 1 aliphatic carbocycles. The average Bonchev–Trinajstić information content (AvgIpc) is 3.58. The SMILES string of the molecule is Nc1nc(CC(=O)CCc2ccc(C3CCCC(c4ccc(CCC(=O)Cc5csc(N)n5)nn4)C3)nn2)cs1. The van der Waals surface area contributed by atoms with Gasteiger partial charge in [0.1, 0.15) is 11.6 Å². The van der Waals surface area contributed by atoms with Crippen molar-refractivity contribution < 1.29 is 9.59 Å². The Labute approximate surface area is 240 Å². The van der Waals surface area contributed by atoms with Gasteiger partial charge in [-0.15, -0.1) is 22.7 Å². The number of carbonyl (C=O) groups is 2. The Balaban J connectivity index is 1.09. The number of nitrogen functional groups attached to an aromatic ring is 2. The van der Waals surface area contributed by atoms with Gasteiger partial charge in [-0.2, -0.15) is 20.4 Å². The summed E-state index contributed by atoms with van der Waals surface area (Å²) < 4.78 is 0. The van der Waals surface area contributed by atoms with Crippen molar-refractivity contribution in [1.82, 2.24) is 30.4 Å². The summed E-state index contributed by atoms with van der Waals surface area (Å²) >= 11 is 2.70. The van der Waals surface area contributed by atoms with Crippen LogP contribution in [0.1, 0.15) is 84.5 Å². The predicted octanol–water partition coefficient (Wildman–Crippen LogP) is 4.27. The minimum absolute atomic E-state index is 0.117. The van der Waals surface area contributed by atoms with Gasteiger partial charge in [0, 0.05) is 48.3 Å². The summed E-state index contributed by atoms with van der Waals surface area (Å²) in [7, 11) is 0. The summed E-state index contributed by atoms with van der Waals surface area (Å²) in [5, 5.41) is 22.5. The van der Waals surface area contributed by atoms with E-state index in [2.05, 4.69) is 30.4 Å². The number of aromatic nitrogens is 6.